The molecule has 16 heavy (non-hydrogen) atoms. The van der Waals surface area contributed by atoms with Gasteiger partial charge in [-0.25, -0.2) is 0 Å². The minimum Gasteiger partial charge on any atom is -0.342 e. The van der Waals surface area contributed by atoms with Crippen molar-refractivity contribution in [1.82, 2.24) is 15.1 Å². The van der Waals surface area contributed by atoms with Crippen molar-refractivity contribution in [2.24, 2.45) is 0 Å². The first-order valence-electron chi connectivity index (χ1n) is 6.34. The van der Waals surface area contributed by atoms with E-state index in [4.69, 9.17) is 0 Å². The molecule has 0 aromatic carbocycles. The molecule has 4 nitrogen and oxygen atoms in total. The van der Waals surface area contributed by atoms with E-state index >= 15 is 0 Å². The molecule has 1 saturated heterocycles. The van der Waals surface area contributed by atoms with Crippen LogP contribution in [0.2, 0.25) is 0 Å². The molecular formula is C12H23N3O. The van der Waals surface area contributed by atoms with Crippen LogP contribution in [0.5, 0.6) is 0 Å². The second-order valence-electron chi connectivity index (χ2n) is 5.19. The maximum absolute atomic E-state index is 11.9. The predicted octanol–water partition coefficient (Wildman–Crippen LogP) is 0.291. The van der Waals surface area contributed by atoms with Gasteiger partial charge in [0.2, 0.25) is 5.91 Å². The van der Waals surface area contributed by atoms with Crippen LogP contribution in [-0.4, -0.2) is 61.5 Å². The molecule has 92 valence electrons. The van der Waals surface area contributed by atoms with Crippen LogP contribution in [0, 0.1) is 0 Å². The average Bonchev–Trinajstić information content (AvgIpc) is 3.10. The Morgan fingerprint density at radius 2 is 1.94 bits per heavy atom. The molecule has 1 aliphatic heterocycles. The molecule has 0 aromatic heterocycles. The molecular weight excluding hydrogens is 202 g/mol. The molecule has 2 rings (SSSR count). The smallest absolute Gasteiger partial charge is 0.236 e. The second-order valence-corrected chi connectivity index (χ2v) is 5.19. The van der Waals surface area contributed by atoms with E-state index in [1.54, 1.807) is 0 Å². The maximum Gasteiger partial charge on any atom is 0.236 e. The van der Waals surface area contributed by atoms with Crippen molar-refractivity contribution >= 4 is 5.91 Å². The van der Waals surface area contributed by atoms with E-state index in [-0.39, 0.29) is 5.91 Å². The van der Waals surface area contributed by atoms with Crippen LogP contribution in [0.1, 0.15) is 25.7 Å². The monoisotopic (exact) mass is 225 g/mol. The molecule has 0 atom stereocenters. The standard InChI is InChI=1S/C12H23N3O/c1-14-7-5-11(6-8-14)15(2)12(16)9-13-10-3-4-10/h10-11,13H,3-9H2,1-2H3. The van der Waals surface area contributed by atoms with Gasteiger partial charge in [-0.3, -0.25) is 4.79 Å². The number of carbonyl (C=O) groups excluding carboxylic acids is 1. The fourth-order valence-corrected chi connectivity index (χ4v) is 2.23. The zero-order chi connectivity index (χ0) is 11.5. The van der Waals surface area contributed by atoms with Gasteiger partial charge in [0.05, 0.1) is 6.54 Å². The van der Waals surface area contributed by atoms with Crippen molar-refractivity contribution < 1.29 is 4.79 Å². The Balaban J connectivity index is 1.72. The first-order chi connectivity index (χ1) is 7.66. The van der Waals surface area contributed by atoms with Crippen molar-refractivity contribution in [2.45, 2.75) is 37.8 Å². The van der Waals surface area contributed by atoms with E-state index in [1.165, 1.54) is 12.8 Å². The number of hydrogen-bond acceptors (Lipinski definition) is 3. The van der Waals surface area contributed by atoms with E-state index in [0.717, 1.165) is 25.9 Å². The van der Waals surface area contributed by atoms with Gasteiger partial charge < -0.3 is 15.1 Å². The van der Waals surface area contributed by atoms with Gasteiger partial charge in [-0.2, -0.15) is 0 Å². The normalized spacial score (nSPS) is 23.4. The van der Waals surface area contributed by atoms with Crippen molar-refractivity contribution in [3.05, 3.63) is 0 Å². The number of nitrogens with one attached hydrogen (secondary N) is 1. The average molecular weight is 225 g/mol. The number of carbonyl (C=O) groups is 1. The molecule has 0 unspecified atom stereocenters. The van der Waals surface area contributed by atoms with Crippen molar-refractivity contribution in [3.8, 4) is 0 Å². The predicted molar refractivity (Wildman–Crippen MR) is 64.3 cm³/mol. The quantitative estimate of drug-likeness (QED) is 0.747. The van der Waals surface area contributed by atoms with E-state index in [1.807, 2.05) is 11.9 Å². The first-order valence-corrected chi connectivity index (χ1v) is 6.34. The number of amides is 1. The molecule has 2 aliphatic rings. The Kier molecular flexibility index (Phi) is 3.82. The summed E-state index contributed by atoms with van der Waals surface area (Å²) in [6.45, 7) is 2.74. The maximum atomic E-state index is 11.9. The molecule has 0 bridgehead atoms. The van der Waals surface area contributed by atoms with E-state index < -0.39 is 0 Å². The molecule has 1 aliphatic carbocycles. The highest BCUT2D eigenvalue weighted by Crippen LogP contribution is 2.18. The van der Waals surface area contributed by atoms with E-state index in [9.17, 15) is 4.79 Å². The van der Waals surface area contributed by atoms with Crippen molar-refractivity contribution in [1.29, 1.82) is 0 Å². The summed E-state index contributed by atoms with van der Waals surface area (Å²) in [5.41, 5.74) is 0. The lowest BCUT2D eigenvalue weighted by Crippen LogP contribution is -2.47. The first kappa shape index (κ1) is 11.9. The molecule has 2 fully saturated rings. The summed E-state index contributed by atoms with van der Waals surface area (Å²) in [4.78, 5) is 16.2. The van der Waals surface area contributed by atoms with Crippen LogP contribution in [0.15, 0.2) is 0 Å². The Morgan fingerprint density at radius 1 is 1.31 bits per heavy atom. The summed E-state index contributed by atoms with van der Waals surface area (Å²) in [6, 6.07) is 1.07. The van der Waals surface area contributed by atoms with Gasteiger partial charge in [0.1, 0.15) is 0 Å². The third-order valence-electron chi connectivity index (χ3n) is 3.75. The van der Waals surface area contributed by atoms with Crippen molar-refractivity contribution in [2.75, 3.05) is 33.7 Å². The summed E-state index contributed by atoms with van der Waals surface area (Å²) in [7, 11) is 4.10. The number of rotatable bonds is 4. The van der Waals surface area contributed by atoms with Crippen LogP contribution in [-0.2, 0) is 4.79 Å². The number of likely N-dealkylation sites (tertiary alicyclic amines) is 1. The Bertz CT molecular complexity index is 245. The van der Waals surface area contributed by atoms with Gasteiger partial charge in [0.25, 0.3) is 0 Å². The Hall–Kier alpha value is -0.610. The topological polar surface area (TPSA) is 35.6 Å². The number of piperidine rings is 1. The van der Waals surface area contributed by atoms with Gasteiger partial charge in [-0.1, -0.05) is 0 Å². The van der Waals surface area contributed by atoms with Gasteiger partial charge in [0, 0.05) is 19.1 Å². The summed E-state index contributed by atoms with van der Waals surface area (Å²) in [5.74, 6) is 0.251. The third-order valence-corrected chi connectivity index (χ3v) is 3.75. The minimum absolute atomic E-state index is 0.251. The Morgan fingerprint density at radius 3 is 2.50 bits per heavy atom. The lowest BCUT2D eigenvalue weighted by Gasteiger charge is -2.35. The summed E-state index contributed by atoms with van der Waals surface area (Å²) in [5, 5.41) is 3.28. The molecule has 1 heterocycles. The lowest BCUT2D eigenvalue weighted by atomic mass is 10.0. The molecule has 0 aromatic rings. The van der Waals surface area contributed by atoms with E-state index in [2.05, 4.69) is 17.3 Å². The number of likely N-dealkylation sites (N-methyl/N-ethyl adjacent to an activating group) is 1. The summed E-state index contributed by atoms with van der Waals surface area (Å²) < 4.78 is 0. The zero-order valence-corrected chi connectivity index (χ0v) is 10.4. The highest BCUT2D eigenvalue weighted by atomic mass is 16.2. The zero-order valence-electron chi connectivity index (χ0n) is 10.4. The van der Waals surface area contributed by atoms with Gasteiger partial charge in [0.15, 0.2) is 0 Å². The third kappa shape index (κ3) is 3.19. The number of hydrogen-bond donors (Lipinski definition) is 1. The van der Waals surface area contributed by atoms with Crippen LogP contribution in [0.4, 0.5) is 0 Å². The highest BCUT2D eigenvalue weighted by molar-refractivity contribution is 5.78. The fraction of sp³-hybridized carbons (Fsp3) is 0.917. The van der Waals surface area contributed by atoms with E-state index in [0.29, 0.717) is 18.6 Å². The molecule has 0 radical (unpaired) electrons. The molecule has 1 saturated carbocycles. The number of nitrogens with zero attached hydrogens (tertiary/aromatic N) is 2. The largest absolute Gasteiger partial charge is 0.342 e. The summed E-state index contributed by atoms with van der Waals surface area (Å²) in [6.07, 6.45) is 4.71. The highest BCUT2D eigenvalue weighted by Gasteiger charge is 2.26. The van der Waals surface area contributed by atoms with Crippen LogP contribution < -0.4 is 5.32 Å². The van der Waals surface area contributed by atoms with Crippen LogP contribution >= 0.6 is 0 Å². The van der Waals surface area contributed by atoms with Crippen LogP contribution in [0.25, 0.3) is 0 Å². The summed E-state index contributed by atoms with van der Waals surface area (Å²) >= 11 is 0. The van der Waals surface area contributed by atoms with Gasteiger partial charge in [-0.15, -0.1) is 0 Å². The molecule has 4 heteroatoms. The van der Waals surface area contributed by atoms with Gasteiger partial charge in [-0.05, 0) is 45.8 Å². The molecule has 1 amide bonds. The van der Waals surface area contributed by atoms with Gasteiger partial charge >= 0.3 is 0 Å². The lowest BCUT2D eigenvalue weighted by molar-refractivity contribution is -0.131. The second kappa shape index (κ2) is 5.15. The van der Waals surface area contributed by atoms with Crippen molar-refractivity contribution in [3.63, 3.8) is 0 Å². The SMILES string of the molecule is CN1CCC(N(C)C(=O)CNC2CC2)CC1. The Labute approximate surface area is 98.0 Å². The minimum atomic E-state index is 0.251. The molecule has 1 N–H and O–H groups in total. The fourth-order valence-electron chi connectivity index (χ4n) is 2.23. The van der Waals surface area contributed by atoms with Crippen LogP contribution in [0.3, 0.4) is 0 Å². The molecule has 0 spiro atoms.